The van der Waals surface area contributed by atoms with E-state index in [4.69, 9.17) is 21.1 Å². The number of piperazine rings is 1. The number of benzene rings is 1. The zero-order chi connectivity index (χ0) is 28.9. The Hall–Kier alpha value is -3.54. The first-order chi connectivity index (χ1) is 19.7. The van der Waals surface area contributed by atoms with Crippen molar-refractivity contribution in [2.24, 2.45) is 0 Å². The zero-order valence-corrected chi connectivity index (χ0v) is 24.0. The third-order valence-corrected chi connectivity index (χ3v) is 8.18. The lowest BCUT2D eigenvalue weighted by molar-refractivity contribution is -0.164. The quantitative estimate of drug-likeness (QED) is 0.418. The maximum atomic E-state index is 16.3. The maximum Gasteiger partial charge on any atom is 0.318 e. The second-order valence-electron chi connectivity index (χ2n) is 11.2. The minimum atomic E-state index is -0.644. The summed E-state index contributed by atoms with van der Waals surface area (Å²) in [4.78, 5) is 32.4. The van der Waals surface area contributed by atoms with Crippen molar-refractivity contribution in [1.82, 2.24) is 24.8 Å². The van der Waals surface area contributed by atoms with Crippen molar-refractivity contribution in [3.05, 3.63) is 46.9 Å². The molecule has 3 aromatic rings. The average Bonchev–Trinajstić information content (AvgIpc) is 3.76. The number of carbonyl (C=O) groups excluding carboxylic acids is 1. The Labute approximate surface area is 242 Å². The first-order valence-corrected chi connectivity index (χ1v) is 14.0. The molecule has 12 heteroatoms. The number of likely N-dealkylation sites (N-methyl/N-ethyl adjacent to an activating group) is 1. The minimum Gasteiger partial charge on any atom is -0.508 e. The number of amides is 1. The Morgan fingerprint density at radius 2 is 2.07 bits per heavy atom. The van der Waals surface area contributed by atoms with Crippen molar-refractivity contribution >= 4 is 34.2 Å². The fourth-order valence-electron chi connectivity index (χ4n) is 5.67. The van der Waals surface area contributed by atoms with Crippen LogP contribution in [-0.4, -0.2) is 102 Å². The second-order valence-corrected chi connectivity index (χ2v) is 11.6. The third kappa shape index (κ3) is 5.06. The van der Waals surface area contributed by atoms with Gasteiger partial charge in [0.1, 0.15) is 28.3 Å². The van der Waals surface area contributed by atoms with Crippen LogP contribution in [0.1, 0.15) is 24.3 Å². The van der Waals surface area contributed by atoms with Gasteiger partial charge in [-0.2, -0.15) is 9.97 Å². The fourth-order valence-corrected chi connectivity index (χ4v) is 6.04. The van der Waals surface area contributed by atoms with Crippen LogP contribution in [-0.2, 0) is 9.53 Å². The topological polar surface area (TPSA) is 104 Å². The number of aromatic nitrogens is 3. The van der Waals surface area contributed by atoms with Gasteiger partial charge in [0.15, 0.2) is 5.82 Å². The van der Waals surface area contributed by atoms with Crippen LogP contribution in [0.5, 0.6) is 11.8 Å². The van der Waals surface area contributed by atoms with E-state index in [0.717, 1.165) is 18.4 Å². The van der Waals surface area contributed by atoms with Gasteiger partial charge in [-0.3, -0.25) is 9.78 Å². The molecule has 2 aliphatic heterocycles. The summed E-state index contributed by atoms with van der Waals surface area (Å²) >= 11 is 6.48. The number of hydrogen-bond acceptors (Lipinski definition) is 9. The van der Waals surface area contributed by atoms with Crippen LogP contribution >= 0.6 is 11.6 Å². The molecule has 3 aliphatic rings. The van der Waals surface area contributed by atoms with Gasteiger partial charge in [-0.05, 0) is 50.6 Å². The van der Waals surface area contributed by atoms with Gasteiger partial charge in [-0.1, -0.05) is 17.7 Å². The minimum absolute atomic E-state index is 0.0175. The van der Waals surface area contributed by atoms with Crippen molar-refractivity contribution in [2.75, 3.05) is 65.5 Å². The van der Waals surface area contributed by atoms with Gasteiger partial charge in [0.2, 0.25) is 5.91 Å². The molecule has 6 rings (SSSR count). The highest BCUT2D eigenvalue weighted by Crippen LogP contribution is 2.49. The standard InChI is InChI=1S/C29H32ClFN6O4/c1-35(2)8-4-5-22(39)37-10-9-36(14-29(37)15-41-16-29)27-20-13-32-25(24(31)26(20)33-28(34-27)40-3)19-11-18(38)12-21(30)23(19)17-6-7-17/h4-5,11-13,17,38H,6-10,14-16H2,1-3H3/b5-4+. The van der Waals surface area contributed by atoms with Crippen molar-refractivity contribution in [2.45, 2.75) is 24.3 Å². The molecule has 2 saturated heterocycles. The number of halogens is 2. The molecule has 0 bridgehead atoms. The molecule has 1 aliphatic carbocycles. The number of phenols is 1. The third-order valence-electron chi connectivity index (χ3n) is 7.87. The van der Waals surface area contributed by atoms with E-state index in [1.54, 1.807) is 12.3 Å². The molecule has 1 saturated carbocycles. The number of phenolic OH excluding ortho intramolecular Hbond substituents is 1. The molecule has 10 nitrogen and oxygen atoms in total. The van der Waals surface area contributed by atoms with Crippen molar-refractivity contribution in [3.8, 4) is 23.0 Å². The van der Waals surface area contributed by atoms with Crippen LogP contribution in [0.2, 0.25) is 5.02 Å². The van der Waals surface area contributed by atoms with E-state index in [-0.39, 0.29) is 34.8 Å². The lowest BCUT2D eigenvalue weighted by Crippen LogP contribution is -2.72. The van der Waals surface area contributed by atoms with Crippen LogP contribution in [0.25, 0.3) is 22.2 Å². The van der Waals surface area contributed by atoms with Crippen LogP contribution in [0.4, 0.5) is 10.2 Å². The molecule has 0 unspecified atom stereocenters. The van der Waals surface area contributed by atoms with E-state index >= 15 is 4.39 Å². The Balaban J connectivity index is 1.38. The average molecular weight is 583 g/mol. The molecule has 2 aromatic heterocycles. The molecule has 0 radical (unpaired) electrons. The first kappa shape index (κ1) is 27.6. The van der Waals surface area contributed by atoms with Gasteiger partial charge in [0.25, 0.3) is 0 Å². The van der Waals surface area contributed by atoms with Gasteiger partial charge in [-0.25, -0.2) is 4.39 Å². The number of carbonyl (C=O) groups is 1. The summed E-state index contributed by atoms with van der Waals surface area (Å²) in [6, 6.07) is 2.99. The molecule has 3 fully saturated rings. The van der Waals surface area contributed by atoms with Crippen LogP contribution in [0, 0.1) is 5.82 Å². The van der Waals surface area contributed by atoms with E-state index < -0.39 is 11.4 Å². The molecule has 1 N–H and O–H groups in total. The van der Waals surface area contributed by atoms with Gasteiger partial charge in [-0.15, -0.1) is 0 Å². The monoisotopic (exact) mass is 582 g/mol. The maximum absolute atomic E-state index is 16.3. The number of anilines is 1. The number of pyridine rings is 1. The summed E-state index contributed by atoms with van der Waals surface area (Å²) in [7, 11) is 5.32. The lowest BCUT2D eigenvalue weighted by Gasteiger charge is -2.55. The molecular weight excluding hydrogens is 551 g/mol. The largest absolute Gasteiger partial charge is 0.508 e. The summed E-state index contributed by atoms with van der Waals surface area (Å²) in [5, 5.41) is 11.1. The number of fused-ring (bicyclic) bond motifs is 1. The summed E-state index contributed by atoms with van der Waals surface area (Å²) in [5.74, 6) is -0.0949. The predicted octanol–water partition coefficient (Wildman–Crippen LogP) is 3.61. The SMILES string of the molecule is COc1nc(N2CCN(C(=O)/C=C/CN(C)C)C3(COC3)C2)c2cnc(-c3cc(O)cc(Cl)c3C3CC3)c(F)c2n1. The summed E-state index contributed by atoms with van der Waals surface area (Å²) in [5.41, 5.74) is 0.834. The van der Waals surface area contributed by atoms with Gasteiger partial charge < -0.3 is 29.3 Å². The number of nitrogens with zero attached hydrogens (tertiary/aromatic N) is 6. The Morgan fingerprint density at radius 1 is 1.29 bits per heavy atom. The molecule has 1 aromatic carbocycles. The van der Waals surface area contributed by atoms with Gasteiger partial charge >= 0.3 is 6.01 Å². The Kier molecular flexibility index (Phi) is 7.21. The van der Waals surface area contributed by atoms with E-state index in [0.29, 0.717) is 61.2 Å². The van der Waals surface area contributed by atoms with Crippen LogP contribution < -0.4 is 9.64 Å². The molecular formula is C29H32ClFN6O4. The highest BCUT2D eigenvalue weighted by molar-refractivity contribution is 6.32. The fraction of sp³-hybridized carbons (Fsp3) is 0.448. The van der Waals surface area contributed by atoms with Crippen molar-refractivity contribution in [1.29, 1.82) is 0 Å². The molecule has 0 atom stereocenters. The predicted molar refractivity (Wildman–Crippen MR) is 153 cm³/mol. The number of methoxy groups -OCH3 is 1. The zero-order valence-electron chi connectivity index (χ0n) is 23.2. The van der Waals surface area contributed by atoms with Crippen molar-refractivity contribution < 1.29 is 23.8 Å². The van der Waals surface area contributed by atoms with Crippen LogP contribution in [0.3, 0.4) is 0 Å². The smallest absolute Gasteiger partial charge is 0.318 e. The van der Waals surface area contributed by atoms with Crippen molar-refractivity contribution in [3.63, 3.8) is 0 Å². The molecule has 4 heterocycles. The molecule has 1 spiro atoms. The van der Waals surface area contributed by atoms with Gasteiger partial charge in [0, 0.05) is 49.0 Å². The normalized spacial score (nSPS) is 18.5. The van der Waals surface area contributed by atoms with E-state index in [2.05, 4.69) is 15.0 Å². The number of aromatic hydroxyl groups is 1. The summed E-state index contributed by atoms with van der Waals surface area (Å²) < 4.78 is 27.2. The van der Waals surface area contributed by atoms with Crippen LogP contribution in [0.15, 0.2) is 30.5 Å². The Bertz CT molecular complexity index is 1540. The second kappa shape index (κ2) is 10.7. The van der Waals surface area contributed by atoms with Gasteiger partial charge in [0.05, 0.1) is 25.7 Å². The molecule has 41 heavy (non-hydrogen) atoms. The van der Waals surface area contributed by atoms with E-state index in [1.807, 2.05) is 34.9 Å². The first-order valence-electron chi connectivity index (χ1n) is 13.6. The lowest BCUT2D eigenvalue weighted by atomic mass is 9.91. The highest BCUT2D eigenvalue weighted by Gasteiger charge is 2.50. The molecule has 216 valence electrons. The summed E-state index contributed by atoms with van der Waals surface area (Å²) in [6.45, 7) is 2.84. The molecule has 1 amide bonds. The van der Waals surface area contributed by atoms with E-state index in [1.165, 1.54) is 19.2 Å². The summed E-state index contributed by atoms with van der Waals surface area (Å²) in [6.07, 6.45) is 6.91. The Morgan fingerprint density at radius 3 is 2.73 bits per heavy atom. The number of hydrogen-bond donors (Lipinski definition) is 1. The van der Waals surface area contributed by atoms with E-state index in [9.17, 15) is 9.90 Å². The highest BCUT2D eigenvalue weighted by atomic mass is 35.5. The number of rotatable bonds is 7. The number of ether oxygens (including phenoxy) is 2.